The van der Waals surface area contributed by atoms with E-state index in [-0.39, 0.29) is 6.04 Å². The number of rotatable bonds is 6. The predicted molar refractivity (Wildman–Crippen MR) is 102 cm³/mol. The van der Waals surface area contributed by atoms with Crippen LogP contribution in [0.4, 0.5) is 0 Å². The first kappa shape index (κ1) is 20.3. The van der Waals surface area contributed by atoms with Crippen LogP contribution in [0, 0.1) is 0 Å². The van der Waals surface area contributed by atoms with E-state index in [0.717, 1.165) is 18.7 Å². The number of carboxylic acid groups (broad SMARTS) is 2. The number of ether oxygens (including phenoxy) is 1. The van der Waals surface area contributed by atoms with Crippen LogP contribution in [-0.2, 0) is 22.6 Å². The summed E-state index contributed by atoms with van der Waals surface area (Å²) >= 11 is 0. The average molecular weight is 372 g/mol. The highest BCUT2D eigenvalue weighted by Gasteiger charge is 2.22. The summed E-state index contributed by atoms with van der Waals surface area (Å²) in [5.41, 5.74) is 11.3. The number of carboxylic acids is 2. The molecule has 0 fully saturated rings. The van der Waals surface area contributed by atoms with E-state index < -0.39 is 11.9 Å². The molecule has 1 aromatic carbocycles. The van der Waals surface area contributed by atoms with Gasteiger partial charge in [-0.25, -0.2) is 9.59 Å². The molecular weight excluding hydrogens is 348 g/mol. The van der Waals surface area contributed by atoms with Gasteiger partial charge in [-0.2, -0.15) is 0 Å². The minimum atomic E-state index is -1.26. The molecule has 0 unspecified atom stereocenters. The molecule has 1 aliphatic rings. The van der Waals surface area contributed by atoms with Crippen molar-refractivity contribution in [2.24, 2.45) is 5.73 Å². The monoisotopic (exact) mass is 372 g/mol. The van der Waals surface area contributed by atoms with Crippen LogP contribution >= 0.6 is 0 Å². The minimum absolute atomic E-state index is 0.163. The highest BCUT2D eigenvalue weighted by Crippen LogP contribution is 2.39. The zero-order valence-electron chi connectivity index (χ0n) is 15.4. The first-order valence-corrected chi connectivity index (χ1v) is 8.65. The van der Waals surface area contributed by atoms with Crippen molar-refractivity contribution < 1.29 is 24.5 Å². The van der Waals surface area contributed by atoms with Gasteiger partial charge in [-0.3, -0.25) is 0 Å². The van der Waals surface area contributed by atoms with Crippen molar-refractivity contribution in [1.82, 2.24) is 4.57 Å². The van der Waals surface area contributed by atoms with Crippen molar-refractivity contribution in [1.29, 1.82) is 0 Å². The summed E-state index contributed by atoms with van der Waals surface area (Å²) in [6.45, 7) is 5.61. The standard InChI is InChI=1S/C16H20N2O.C4H4O4/c1-3-19-14-5-4-12-8-13-6-7-18(10-11(2)17)16(13)15(12)9-14;5-3(6)1-2-4(7)8/h4-7,9,11H,3,8,10,17H2,1-2H3;1-2H,(H,5,6)(H,7,8)/b;2-1+/t11-;/m0./s1. The Labute approximate surface area is 157 Å². The van der Waals surface area contributed by atoms with E-state index in [1.165, 1.54) is 22.4 Å². The molecule has 2 aromatic rings. The van der Waals surface area contributed by atoms with Crippen molar-refractivity contribution in [3.8, 4) is 17.0 Å². The van der Waals surface area contributed by atoms with Gasteiger partial charge in [0.05, 0.1) is 12.3 Å². The molecule has 27 heavy (non-hydrogen) atoms. The molecule has 4 N–H and O–H groups in total. The van der Waals surface area contributed by atoms with Crippen LogP contribution in [-0.4, -0.2) is 39.4 Å². The number of hydrogen-bond donors (Lipinski definition) is 3. The molecule has 7 heteroatoms. The van der Waals surface area contributed by atoms with Crippen LogP contribution in [0.3, 0.4) is 0 Å². The third kappa shape index (κ3) is 5.46. The van der Waals surface area contributed by atoms with E-state index in [0.29, 0.717) is 18.8 Å². The van der Waals surface area contributed by atoms with Gasteiger partial charge in [0.15, 0.2) is 0 Å². The van der Waals surface area contributed by atoms with Gasteiger partial charge in [-0.05, 0) is 43.2 Å². The molecule has 0 saturated carbocycles. The van der Waals surface area contributed by atoms with E-state index in [1.807, 2.05) is 13.8 Å². The Balaban J connectivity index is 0.000000279. The Kier molecular flexibility index (Phi) is 6.79. The lowest BCUT2D eigenvalue weighted by Gasteiger charge is -2.12. The van der Waals surface area contributed by atoms with Gasteiger partial charge in [0.1, 0.15) is 5.75 Å². The Morgan fingerprint density at radius 2 is 1.89 bits per heavy atom. The number of hydrogen-bond acceptors (Lipinski definition) is 4. The highest BCUT2D eigenvalue weighted by atomic mass is 16.5. The zero-order valence-corrected chi connectivity index (χ0v) is 15.4. The Morgan fingerprint density at radius 3 is 2.44 bits per heavy atom. The zero-order chi connectivity index (χ0) is 20.0. The van der Waals surface area contributed by atoms with E-state index >= 15 is 0 Å². The van der Waals surface area contributed by atoms with Gasteiger partial charge < -0.3 is 25.3 Å². The number of carbonyl (C=O) groups is 2. The van der Waals surface area contributed by atoms with Gasteiger partial charge in [0.25, 0.3) is 0 Å². The van der Waals surface area contributed by atoms with Crippen LogP contribution in [0.15, 0.2) is 42.6 Å². The average Bonchev–Trinajstić information content (AvgIpc) is 3.13. The molecule has 1 aliphatic carbocycles. The van der Waals surface area contributed by atoms with Crippen molar-refractivity contribution in [3.63, 3.8) is 0 Å². The maximum absolute atomic E-state index is 9.55. The summed E-state index contributed by atoms with van der Waals surface area (Å²) in [7, 11) is 0. The second kappa shape index (κ2) is 9.05. The first-order valence-electron chi connectivity index (χ1n) is 8.65. The van der Waals surface area contributed by atoms with E-state index in [9.17, 15) is 9.59 Å². The SMILES string of the molecule is CCOc1ccc2c(c1)-c1c(ccn1C[C@H](C)N)C2.O=C(O)/C=C/C(=O)O. The molecule has 0 aliphatic heterocycles. The second-order valence-corrected chi connectivity index (χ2v) is 6.26. The van der Waals surface area contributed by atoms with Gasteiger partial charge in [-0.1, -0.05) is 6.07 Å². The molecule has 0 saturated heterocycles. The van der Waals surface area contributed by atoms with Crippen LogP contribution in [0.2, 0.25) is 0 Å². The van der Waals surface area contributed by atoms with E-state index in [4.69, 9.17) is 20.7 Å². The fourth-order valence-electron chi connectivity index (χ4n) is 2.98. The largest absolute Gasteiger partial charge is 0.494 e. The molecule has 0 amide bonds. The number of benzene rings is 1. The molecule has 0 spiro atoms. The minimum Gasteiger partial charge on any atom is -0.494 e. The maximum atomic E-state index is 9.55. The number of nitrogens with zero attached hydrogens (tertiary/aromatic N) is 1. The first-order chi connectivity index (χ1) is 12.8. The lowest BCUT2D eigenvalue weighted by atomic mass is 10.1. The second-order valence-electron chi connectivity index (χ2n) is 6.26. The molecule has 1 atom stereocenters. The van der Waals surface area contributed by atoms with Crippen LogP contribution in [0.25, 0.3) is 11.3 Å². The third-order valence-electron chi connectivity index (χ3n) is 3.93. The summed E-state index contributed by atoms with van der Waals surface area (Å²) in [4.78, 5) is 19.1. The Hall–Kier alpha value is -3.06. The topological polar surface area (TPSA) is 115 Å². The predicted octanol–water partition coefficient (Wildman–Crippen LogP) is 2.52. The quantitative estimate of drug-likeness (QED) is 0.573. The summed E-state index contributed by atoms with van der Waals surface area (Å²) in [5.74, 6) is -1.57. The number of aliphatic carboxylic acids is 2. The summed E-state index contributed by atoms with van der Waals surface area (Å²) in [6, 6.07) is 8.76. The van der Waals surface area contributed by atoms with E-state index in [1.54, 1.807) is 0 Å². The fraction of sp³-hybridized carbons (Fsp3) is 0.300. The van der Waals surface area contributed by atoms with Crippen LogP contribution < -0.4 is 10.5 Å². The summed E-state index contributed by atoms with van der Waals surface area (Å²) in [5, 5.41) is 15.6. The van der Waals surface area contributed by atoms with Crippen molar-refractivity contribution in [2.45, 2.75) is 32.9 Å². The molecule has 0 bridgehead atoms. The molecule has 1 aromatic heterocycles. The number of fused-ring (bicyclic) bond motifs is 3. The molecule has 1 heterocycles. The third-order valence-corrected chi connectivity index (χ3v) is 3.93. The highest BCUT2D eigenvalue weighted by molar-refractivity contribution is 5.89. The number of nitrogens with two attached hydrogens (primary N) is 1. The van der Waals surface area contributed by atoms with Crippen molar-refractivity contribution in [3.05, 3.63) is 53.7 Å². The van der Waals surface area contributed by atoms with Crippen molar-refractivity contribution in [2.75, 3.05) is 6.61 Å². The van der Waals surface area contributed by atoms with Gasteiger partial charge in [-0.15, -0.1) is 0 Å². The lowest BCUT2D eigenvalue weighted by Crippen LogP contribution is -2.22. The van der Waals surface area contributed by atoms with Gasteiger partial charge >= 0.3 is 11.9 Å². The van der Waals surface area contributed by atoms with Gasteiger partial charge in [0.2, 0.25) is 0 Å². The van der Waals surface area contributed by atoms with E-state index in [2.05, 4.69) is 35.0 Å². The fourth-order valence-corrected chi connectivity index (χ4v) is 2.98. The summed E-state index contributed by atoms with van der Waals surface area (Å²) in [6.07, 6.45) is 4.28. The van der Waals surface area contributed by atoms with Crippen molar-refractivity contribution >= 4 is 11.9 Å². The van der Waals surface area contributed by atoms with Crippen LogP contribution in [0.5, 0.6) is 5.75 Å². The lowest BCUT2D eigenvalue weighted by molar-refractivity contribution is -0.134. The molecule has 3 rings (SSSR count). The molecule has 7 nitrogen and oxygen atoms in total. The smallest absolute Gasteiger partial charge is 0.328 e. The normalized spacial score (nSPS) is 12.7. The summed E-state index contributed by atoms with van der Waals surface area (Å²) < 4.78 is 7.88. The van der Waals surface area contributed by atoms with Gasteiger partial charge in [0, 0.05) is 42.9 Å². The molecule has 0 radical (unpaired) electrons. The molecule has 144 valence electrons. The molecular formula is C20H24N2O5. The Bertz CT molecular complexity index is 836. The Morgan fingerprint density at radius 1 is 1.22 bits per heavy atom. The maximum Gasteiger partial charge on any atom is 0.328 e. The number of aromatic nitrogens is 1. The van der Waals surface area contributed by atoms with Crippen LogP contribution in [0.1, 0.15) is 25.0 Å².